The van der Waals surface area contributed by atoms with Gasteiger partial charge in [0.2, 0.25) is 0 Å². The van der Waals surface area contributed by atoms with E-state index in [1.165, 1.54) is 366 Å². The molecule has 0 bridgehead atoms. The van der Waals surface area contributed by atoms with Gasteiger partial charge in [0.25, 0.3) is 0 Å². The predicted octanol–water partition coefficient (Wildman–Crippen LogP) is 25.4. The number of rotatable bonds is 69. The van der Waals surface area contributed by atoms with Crippen LogP contribution in [0.5, 0.6) is 0 Å². The van der Waals surface area contributed by atoms with Crippen molar-refractivity contribution in [2.75, 3.05) is 0 Å². The third-order valence-electron chi connectivity index (χ3n) is 20.2. The van der Waals surface area contributed by atoms with Gasteiger partial charge in [-0.1, -0.05) is 418 Å². The topological polar surface area (TPSA) is 60.4 Å². The fourth-order valence-electron chi connectivity index (χ4n) is 14.2. The molecule has 2 saturated carbocycles. The third-order valence-corrected chi connectivity index (χ3v) is 20.2. The summed E-state index contributed by atoms with van der Waals surface area (Å²) in [7, 11) is 0. The van der Waals surface area contributed by atoms with Gasteiger partial charge in [0.1, 0.15) is 0 Å². The second-order valence-electron chi connectivity index (χ2n) is 27.9. The van der Waals surface area contributed by atoms with Crippen LogP contribution in [0.25, 0.3) is 0 Å². The van der Waals surface area contributed by atoms with Gasteiger partial charge in [0, 0.05) is 11.9 Å². The van der Waals surface area contributed by atoms with Crippen molar-refractivity contribution < 1.29 is 15.0 Å². The normalized spacial score (nSPS) is 17.7. The molecule has 0 amide bonds. The van der Waals surface area contributed by atoms with Crippen LogP contribution in [0, 0.1) is 29.6 Å². The first kappa shape index (κ1) is 74.5. The minimum atomic E-state index is -1.05. The molecule has 6 atom stereocenters. The van der Waals surface area contributed by atoms with Crippen molar-refractivity contribution in [3.8, 4) is 0 Å². The van der Waals surface area contributed by atoms with Crippen molar-refractivity contribution in [1.29, 1.82) is 0 Å². The first-order valence-corrected chi connectivity index (χ1v) is 38.0. The number of aliphatic hydroxyl groups excluding tert-OH is 1. The summed E-state index contributed by atoms with van der Waals surface area (Å²) in [5.41, 5.74) is 0. The van der Waals surface area contributed by atoms with Gasteiger partial charge in [0.15, 0.2) is 0 Å². The van der Waals surface area contributed by atoms with Crippen molar-refractivity contribution in [2.45, 2.75) is 450 Å². The molecule has 0 spiro atoms. The van der Waals surface area contributed by atoms with Gasteiger partial charge in [-0.05, 0) is 49.4 Å². The Balaban J connectivity index is 1.19. The zero-order chi connectivity index (χ0) is 56.4. The van der Waals surface area contributed by atoms with E-state index in [2.05, 4.69) is 13.8 Å². The average Bonchev–Trinajstić information content (AvgIpc) is 4.39. The maximum atomic E-state index is 11.8. The van der Waals surface area contributed by atoms with Crippen LogP contribution in [0.2, 0.25) is 0 Å². The van der Waals surface area contributed by atoms with Gasteiger partial charge in [-0.25, -0.2) is 0 Å². The predicted molar refractivity (Wildman–Crippen MR) is 349 cm³/mol. The minimum absolute atomic E-state index is 0.573. The molecule has 2 aliphatic carbocycles. The number of aliphatic hydroxyl groups is 1. The zero-order valence-electron chi connectivity index (χ0n) is 54.6. The van der Waals surface area contributed by atoms with Crippen LogP contribution < -0.4 is 5.11 Å². The minimum Gasteiger partial charge on any atom is -0.550 e. The highest BCUT2D eigenvalue weighted by Gasteiger charge is 2.36. The van der Waals surface area contributed by atoms with E-state index in [4.69, 9.17) is 0 Å². The SMILES string of the molecule is CCCCCCCCCCCCCCCCCCCCCC[C@@H](C(=O)[O-])[C@H](O)CCCCCCCCCCCCCCCCCC1CC1CCCCCCCCCCC1CC1CCCCCCCCCCCCCCCCCC. The molecule has 3 heteroatoms. The summed E-state index contributed by atoms with van der Waals surface area (Å²) in [5.74, 6) is 2.68. The largest absolute Gasteiger partial charge is 0.550 e. The molecular formula is C76H147O3-. The Bertz CT molecular complexity index is 1200. The highest BCUT2D eigenvalue weighted by molar-refractivity contribution is 5.68. The summed E-state index contributed by atoms with van der Waals surface area (Å²) >= 11 is 0. The number of hydrogen-bond donors (Lipinski definition) is 1. The van der Waals surface area contributed by atoms with Crippen LogP contribution in [0.15, 0.2) is 0 Å². The lowest BCUT2D eigenvalue weighted by molar-refractivity contribution is -0.314. The van der Waals surface area contributed by atoms with Crippen molar-refractivity contribution >= 4 is 5.97 Å². The Morgan fingerprint density at radius 3 is 0.633 bits per heavy atom. The van der Waals surface area contributed by atoms with Gasteiger partial charge < -0.3 is 15.0 Å². The van der Waals surface area contributed by atoms with Crippen LogP contribution in [-0.2, 0) is 4.79 Å². The van der Waals surface area contributed by atoms with Gasteiger partial charge in [0.05, 0.1) is 6.10 Å². The zero-order valence-corrected chi connectivity index (χ0v) is 54.6. The molecule has 2 rings (SSSR count). The van der Waals surface area contributed by atoms with Gasteiger partial charge >= 0.3 is 0 Å². The van der Waals surface area contributed by atoms with E-state index in [9.17, 15) is 15.0 Å². The lowest BCUT2D eigenvalue weighted by Gasteiger charge is -2.24. The molecule has 470 valence electrons. The molecule has 2 fully saturated rings. The smallest absolute Gasteiger partial charge is 0.0620 e. The van der Waals surface area contributed by atoms with Gasteiger partial charge in [-0.3, -0.25) is 0 Å². The van der Waals surface area contributed by atoms with Crippen LogP contribution >= 0.6 is 0 Å². The number of carboxylic acid groups (broad SMARTS) is 1. The van der Waals surface area contributed by atoms with Crippen molar-refractivity contribution in [3.05, 3.63) is 0 Å². The molecule has 0 saturated heterocycles. The molecule has 2 aliphatic rings. The Morgan fingerprint density at radius 1 is 0.278 bits per heavy atom. The van der Waals surface area contributed by atoms with Crippen LogP contribution in [-0.4, -0.2) is 17.2 Å². The number of aliphatic carboxylic acids is 1. The fraction of sp³-hybridized carbons (Fsp3) is 0.987. The lowest BCUT2D eigenvalue weighted by Crippen LogP contribution is -2.38. The molecule has 1 N–H and O–H groups in total. The highest BCUT2D eigenvalue weighted by Crippen LogP contribution is 2.47. The van der Waals surface area contributed by atoms with E-state index in [1.54, 1.807) is 25.7 Å². The van der Waals surface area contributed by atoms with Crippen LogP contribution in [0.1, 0.15) is 444 Å². The maximum Gasteiger partial charge on any atom is 0.0620 e. The molecule has 79 heavy (non-hydrogen) atoms. The second-order valence-corrected chi connectivity index (χ2v) is 27.9. The second kappa shape index (κ2) is 59.2. The number of carbonyl (C=O) groups is 1. The van der Waals surface area contributed by atoms with E-state index in [0.717, 1.165) is 49.4 Å². The van der Waals surface area contributed by atoms with E-state index in [-0.39, 0.29) is 0 Å². The summed E-state index contributed by atoms with van der Waals surface area (Å²) in [5, 5.41) is 22.5. The van der Waals surface area contributed by atoms with Crippen LogP contribution in [0.3, 0.4) is 0 Å². The van der Waals surface area contributed by atoms with Crippen molar-refractivity contribution in [1.82, 2.24) is 0 Å². The van der Waals surface area contributed by atoms with Crippen molar-refractivity contribution in [3.63, 3.8) is 0 Å². The summed E-state index contributed by atoms with van der Waals surface area (Å²) in [6, 6.07) is 0. The van der Waals surface area contributed by atoms with Crippen molar-refractivity contribution in [2.24, 2.45) is 29.6 Å². The quantitative estimate of drug-likeness (QED) is 0.0618. The van der Waals surface area contributed by atoms with E-state index < -0.39 is 18.0 Å². The number of carboxylic acids is 1. The number of hydrogen-bond acceptors (Lipinski definition) is 3. The first-order valence-electron chi connectivity index (χ1n) is 38.0. The molecule has 0 radical (unpaired) electrons. The third kappa shape index (κ3) is 51.6. The Labute approximate surface area is 498 Å². The summed E-state index contributed by atoms with van der Waals surface area (Å²) in [6.07, 6.45) is 92.5. The van der Waals surface area contributed by atoms with E-state index in [0.29, 0.717) is 12.8 Å². The molecule has 0 aromatic rings. The number of carbonyl (C=O) groups excluding carboxylic acids is 1. The Morgan fingerprint density at radius 2 is 0.443 bits per heavy atom. The summed E-state index contributed by atoms with van der Waals surface area (Å²) < 4.78 is 0. The van der Waals surface area contributed by atoms with Crippen LogP contribution in [0.4, 0.5) is 0 Å². The van der Waals surface area contributed by atoms with Gasteiger partial charge in [-0.15, -0.1) is 0 Å². The molecule has 0 heterocycles. The first-order chi connectivity index (χ1) is 39.1. The molecule has 0 aliphatic heterocycles. The number of unbranched alkanes of at least 4 members (excludes halogenated alkanes) is 55. The summed E-state index contributed by atoms with van der Waals surface area (Å²) in [4.78, 5) is 11.8. The standard InChI is InChI=1S/C76H148O3/c1-3-5-7-9-11-13-15-17-19-21-22-23-24-28-32-36-40-48-54-60-66-74(76(78)79)75(77)67-61-55-49-41-37-33-29-25-27-31-35-39-45-51-57-63-71-69-73(71)65-59-53-47-43-42-46-52-58-64-72-68-70(72)62-56-50-44-38-34-30-26-20-18-16-14-12-10-8-6-4-2/h70-75,77H,3-69H2,1-2H3,(H,78,79)/p-1/t70?,71?,72?,73?,74-,75-/m1/s1. The molecule has 0 aromatic carbocycles. The monoisotopic (exact) mass is 1110 g/mol. The van der Waals surface area contributed by atoms with E-state index in [1.807, 2.05) is 0 Å². The average molecular weight is 1110 g/mol. The van der Waals surface area contributed by atoms with E-state index >= 15 is 0 Å². The Hall–Kier alpha value is -0.570. The molecule has 0 aromatic heterocycles. The highest BCUT2D eigenvalue weighted by atomic mass is 16.4. The Kier molecular flexibility index (Phi) is 55.8. The fourth-order valence-corrected chi connectivity index (χ4v) is 14.2. The molecule has 3 nitrogen and oxygen atoms in total. The summed E-state index contributed by atoms with van der Waals surface area (Å²) in [6.45, 7) is 4.61. The maximum absolute atomic E-state index is 11.8. The molecule has 4 unspecified atom stereocenters. The van der Waals surface area contributed by atoms with Gasteiger partial charge in [-0.2, -0.15) is 0 Å². The molecular weight excluding hydrogens is 961 g/mol. The lowest BCUT2D eigenvalue weighted by atomic mass is 9.91.